The van der Waals surface area contributed by atoms with Crippen molar-refractivity contribution in [1.29, 1.82) is 0 Å². The Hall–Kier alpha value is -3.78. The average Bonchev–Trinajstić information content (AvgIpc) is 3.91. The Kier molecular flexibility index (Phi) is 8.46. The van der Waals surface area contributed by atoms with Crippen molar-refractivity contribution in [2.75, 3.05) is 31.1 Å². The van der Waals surface area contributed by atoms with Gasteiger partial charge in [-0.1, -0.05) is 18.2 Å². The molecule has 6 rings (SSSR count). The van der Waals surface area contributed by atoms with Crippen molar-refractivity contribution in [3.8, 4) is 0 Å². The topological polar surface area (TPSA) is 79.3 Å². The van der Waals surface area contributed by atoms with Crippen LogP contribution in [0.25, 0.3) is 10.9 Å². The highest BCUT2D eigenvalue weighted by Crippen LogP contribution is 2.39. The number of alkyl halides is 6. The summed E-state index contributed by atoms with van der Waals surface area (Å²) in [4.78, 5) is 9.04. The zero-order valence-electron chi connectivity index (χ0n) is 24.7. The lowest BCUT2D eigenvalue weighted by molar-refractivity contribution is -0.143. The number of guanidine groups is 1. The van der Waals surface area contributed by atoms with Crippen molar-refractivity contribution in [2.45, 2.75) is 58.0 Å². The number of hydrazine groups is 2. The van der Waals surface area contributed by atoms with Gasteiger partial charge in [-0.25, -0.2) is 10.1 Å². The monoisotopic (exact) mass is 635 g/mol. The van der Waals surface area contributed by atoms with Crippen LogP contribution in [0.4, 0.5) is 32.2 Å². The average molecular weight is 636 g/mol. The maximum Gasteiger partial charge on any atom is 0.416 e. The predicted molar refractivity (Wildman–Crippen MR) is 157 cm³/mol. The molecule has 3 aliphatic rings. The minimum absolute atomic E-state index is 0.0934. The van der Waals surface area contributed by atoms with Gasteiger partial charge in [0.15, 0.2) is 0 Å². The van der Waals surface area contributed by atoms with Gasteiger partial charge in [0.25, 0.3) is 0 Å². The van der Waals surface area contributed by atoms with Gasteiger partial charge in [-0.15, -0.1) is 10.6 Å². The van der Waals surface area contributed by atoms with Gasteiger partial charge < -0.3 is 14.9 Å². The molecule has 0 atom stereocenters. The molecule has 242 valence electrons. The number of aromatic nitrogens is 1. The molecular weight excluding hydrogens is 600 g/mol. The molecule has 3 aromatic rings. The normalized spacial score (nSPS) is 17.1. The highest BCUT2D eigenvalue weighted by atomic mass is 19.4. The molecule has 8 nitrogen and oxygen atoms in total. The summed E-state index contributed by atoms with van der Waals surface area (Å²) < 4.78 is 82.4. The molecule has 2 heterocycles. The number of hydrogen-bond donors (Lipinski definition) is 3. The molecule has 14 heteroatoms. The SMILES string of the molecule is Cc1cccc2cc(CN(Cc3cc(C(F)(F)F)cc(C(F)(F)F)c3)C3=NN(CCO)NN3)c(N(CC3CC3)CC3CC3)nc12. The number of nitrogens with zero attached hydrogens (tertiary/aromatic N) is 5. The van der Waals surface area contributed by atoms with Gasteiger partial charge in [-0.05, 0) is 79.8 Å². The Balaban J connectivity index is 1.43. The number of aliphatic hydroxyl groups excluding tert-OH is 1. The van der Waals surface area contributed by atoms with Crippen LogP contribution in [0.1, 0.15) is 53.5 Å². The highest BCUT2D eigenvalue weighted by Gasteiger charge is 2.37. The standard InChI is InChI=1S/C31H35F6N7O/c1-19-3-2-4-23-13-24(28(38-27(19)23)42(15-20-5-6-20)16-21-7-8-21)18-43(29-39-41-44(40-29)9-10-45)17-22-11-25(30(32,33)34)14-26(12-22)31(35,36)37/h2-4,11-14,20-21,41,45H,5-10,15-18H2,1H3,(H,39,40). The maximum absolute atomic E-state index is 13.7. The molecule has 0 amide bonds. The second kappa shape index (κ2) is 12.2. The van der Waals surface area contributed by atoms with Crippen molar-refractivity contribution in [3.05, 3.63) is 70.3 Å². The van der Waals surface area contributed by atoms with Gasteiger partial charge in [0.05, 0.1) is 29.8 Å². The van der Waals surface area contributed by atoms with Crippen LogP contribution < -0.4 is 15.9 Å². The van der Waals surface area contributed by atoms with E-state index in [1.54, 1.807) is 4.90 Å². The fraction of sp³-hybridized carbons (Fsp3) is 0.484. The number of rotatable bonds is 11. The third-order valence-corrected chi connectivity index (χ3v) is 8.26. The zero-order chi connectivity index (χ0) is 31.9. The predicted octanol–water partition coefficient (Wildman–Crippen LogP) is 5.80. The number of aryl methyl sites for hydroxylation is 1. The first kappa shape index (κ1) is 31.2. The summed E-state index contributed by atoms with van der Waals surface area (Å²) in [5, 5.41) is 16.0. The van der Waals surface area contributed by atoms with Gasteiger partial charge >= 0.3 is 12.4 Å². The molecule has 0 saturated heterocycles. The zero-order valence-corrected chi connectivity index (χ0v) is 24.7. The number of hydrogen-bond acceptors (Lipinski definition) is 8. The van der Waals surface area contributed by atoms with Crippen LogP contribution in [0.5, 0.6) is 0 Å². The molecule has 45 heavy (non-hydrogen) atoms. The van der Waals surface area contributed by atoms with E-state index in [0.717, 1.165) is 78.8 Å². The number of pyridine rings is 1. The van der Waals surface area contributed by atoms with Crippen LogP contribution in [-0.2, 0) is 25.4 Å². The van der Waals surface area contributed by atoms with Crippen LogP contribution >= 0.6 is 0 Å². The van der Waals surface area contributed by atoms with Crippen molar-refractivity contribution in [2.24, 2.45) is 16.9 Å². The van der Waals surface area contributed by atoms with E-state index in [4.69, 9.17) is 4.98 Å². The van der Waals surface area contributed by atoms with E-state index in [1.165, 1.54) is 5.12 Å². The van der Waals surface area contributed by atoms with Gasteiger partial charge in [-0.2, -0.15) is 26.3 Å². The summed E-state index contributed by atoms with van der Waals surface area (Å²) in [5.74, 6) is 2.07. The summed E-state index contributed by atoms with van der Waals surface area (Å²) in [6.07, 6.45) is -5.39. The maximum atomic E-state index is 13.7. The second-order valence-corrected chi connectivity index (χ2v) is 12.2. The van der Waals surface area contributed by atoms with E-state index in [9.17, 15) is 31.4 Å². The second-order valence-electron chi connectivity index (χ2n) is 12.2. The summed E-state index contributed by atoms with van der Waals surface area (Å²) >= 11 is 0. The molecule has 2 aromatic carbocycles. The number of aliphatic hydroxyl groups is 1. The summed E-state index contributed by atoms with van der Waals surface area (Å²) in [5.41, 5.74) is 5.33. The number of halogens is 6. The van der Waals surface area contributed by atoms with Crippen LogP contribution in [0.3, 0.4) is 0 Å². The summed E-state index contributed by atoms with van der Waals surface area (Å²) in [6, 6.07) is 9.47. The summed E-state index contributed by atoms with van der Waals surface area (Å²) in [7, 11) is 0. The number of hydrazone groups is 1. The first-order chi connectivity index (χ1) is 21.4. The molecule has 2 aliphatic carbocycles. The van der Waals surface area contributed by atoms with Crippen molar-refractivity contribution in [3.63, 3.8) is 0 Å². The molecule has 3 N–H and O–H groups in total. The fourth-order valence-electron chi connectivity index (χ4n) is 5.61. The first-order valence-corrected chi connectivity index (χ1v) is 15.0. The lowest BCUT2D eigenvalue weighted by Crippen LogP contribution is -2.45. The number of fused-ring (bicyclic) bond motifs is 1. The molecule has 0 unspecified atom stereocenters. The third-order valence-electron chi connectivity index (χ3n) is 8.26. The Morgan fingerprint density at radius 3 is 2.11 bits per heavy atom. The number of anilines is 1. The molecule has 0 spiro atoms. The largest absolute Gasteiger partial charge is 0.416 e. The fourth-order valence-corrected chi connectivity index (χ4v) is 5.61. The van der Waals surface area contributed by atoms with Crippen LogP contribution in [0.2, 0.25) is 0 Å². The first-order valence-electron chi connectivity index (χ1n) is 15.0. The Morgan fingerprint density at radius 1 is 0.889 bits per heavy atom. The lowest BCUT2D eigenvalue weighted by atomic mass is 10.0. The van der Waals surface area contributed by atoms with Gasteiger partial charge in [0.1, 0.15) is 5.82 Å². The third kappa shape index (κ3) is 7.55. The minimum atomic E-state index is -4.97. The molecule has 0 bridgehead atoms. The van der Waals surface area contributed by atoms with Crippen molar-refractivity contribution < 1.29 is 31.4 Å². The molecule has 0 radical (unpaired) electrons. The van der Waals surface area contributed by atoms with E-state index in [0.29, 0.717) is 11.8 Å². The van der Waals surface area contributed by atoms with Gasteiger partial charge in [0, 0.05) is 37.1 Å². The molecule has 2 saturated carbocycles. The molecular formula is C31H35F6N7O. The minimum Gasteiger partial charge on any atom is -0.394 e. The van der Waals surface area contributed by atoms with Crippen molar-refractivity contribution in [1.82, 2.24) is 26.0 Å². The number of benzene rings is 2. The van der Waals surface area contributed by atoms with E-state index < -0.39 is 23.5 Å². The van der Waals surface area contributed by atoms with E-state index in [1.807, 2.05) is 31.2 Å². The quantitative estimate of drug-likeness (QED) is 0.230. The molecule has 1 aliphatic heterocycles. The number of nitrogens with one attached hydrogen (secondary N) is 2. The van der Waals surface area contributed by atoms with E-state index >= 15 is 0 Å². The Bertz CT molecular complexity index is 1520. The molecule has 1 aromatic heterocycles. The Labute approximate surface area is 256 Å². The van der Waals surface area contributed by atoms with E-state index in [2.05, 4.69) is 21.0 Å². The van der Waals surface area contributed by atoms with Crippen LogP contribution in [0.15, 0.2) is 47.6 Å². The van der Waals surface area contributed by atoms with Crippen LogP contribution in [-0.4, -0.2) is 52.3 Å². The van der Waals surface area contributed by atoms with Crippen LogP contribution in [0, 0.1) is 18.8 Å². The lowest BCUT2D eigenvalue weighted by Gasteiger charge is -2.30. The smallest absolute Gasteiger partial charge is 0.394 e. The van der Waals surface area contributed by atoms with Gasteiger partial charge in [0.2, 0.25) is 5.96 Å². The molecule has 2 fully saturated rings. The van der Waals surface area contributed by atoms with E-state index in [-0.39, 0.29) is 43.8 Å². The Morgan fingerprint density at radius 2 is 1.53 bits per heavy atom. The number of para-hydroxylation sites is 1. The highest BCUT2D eigenvalue weighted by molar-refractivity contribution is 5.85. The van der Waals surface area contributed by atoms with Crippen molar-refractivity contribution >= 4 is 22.7 Å². The number of β-amino-alcohol motifs (C(OH)–C–C–N with tert-alkyl or cyclic N) is 1. The van der Waals surface area contributed by atoms with Gasteiger partial charge in [-0.3, -0.25) is 5.43 Å². The summed E-state index contributed by atoms with van der Waals surface area (Å²) in [6.45, 7) is 3.30.